The zero-order chi connectivity index (χ0) is 22.8. The van der Waals surface area contributed by atoms with Crippen LogP contribution in [0.3, 0.4) is 0 Å². The second kappa shape index (κ2) is 8.46. The van der Waals surface area contributed by atoms with E-state index in [9.17, 15) is 18.3 Å². The molecular formula is C21H23F3N6O. The van der Waals surface area contributed by atoms with Crippen molar-refractivity contribution in [3.05, 3.63) is 53.5 Å². The lowest BCUT2D eigenvalue weighted by Gasteiger charge is -2.18. The standard InChI is InChI=1S/C21H23F3N6O/c1-12-8-13(22)10-14(9-12)26-19-29-17(28-18(30-19)25-11-20(2,3)31)15-6-5-7-16(27-15)21(4,23)24/h5-10,31H,11H2,1-4H3,(H2,25,26,28,29,30). The summed E-state index contributed by atoms with van der Waals surface area (Å²) in [5.41, 5.74) is -0.262. The summed E-state index contributed by atoms with van der Waals surface area (Å²) in [5.74, 6) is -3.38. The molecule has 3 rings (SSSR count). The first-order valence-electron chi connectivity index (χ1n) is 9.51. The minimum Gasteiger partial charge on any atom is -0.389 e. The predicted molar refractivity (Wildman–Crippen MR) is 112 cm³/mol. The number of rotatable bonds is 7. The number of hydrogen-bond donors (Lipinski definition) is 3. The van der Waals surface area contributed by atoms with E-state index in [1.807, 2.05) is 0 Å². The van der Waals surface area contributed by atoms with Crippen molar-refractivity contribution >= 4 is 17.6 Å². The molecule has 0 amide bonds. The first kappa shape index (κ1) is 22.4. The second-order valence-electron chi connectivity index (χ2n) is 7.91. The van der Waals surface area contributed by atoms with E-state index in [1.54, 1.807) is 26.8 Å². The minimum absolute atomic E-state index is 0.0370. The van der Waals surface area contributed by atoms with Crippen molar-refractivity contribution in [1.29, 1.82) is 0 Å². The van der Waals surface area contributed by atoms with Gasteiger partial charge >= 0.3 is 0 Å². The van der Waals surface area contributed by atoms with Gasteiger partial charge in [-0.1, -0.05) is 6.07 Å². The molecule has 0 aliphatic carbocycles. The summed E-state index contributed by atoms with van der Waals surface area (Å²) in [4.78, 5) is 16.7. The number of pyridine rings is 1. The highest BCUT2D eigenvalue weighted by Crippen LogP contribution is 2.27. The number of hydrogen-bond acceptors (Lipinski definition) is 7. The second-order valence-corrected chi connectivity index (χ2v) is 7.91. The third-order valence-corrected chi connectivity index (χ3v) is 4.04. The minimum atomic E-state index is -3.13. The van der Waals surface area contributed by atoms with Gasteiger partial charge in [-0.3, -0.25) is 0 Å². The van der Waals surface area contributed by atoms with Crippen LogP contribution in [0.15, 0.2) is 36.4 Å². The Kier molecular flexibility index (Phi) is 6.12. The summed E-state index contributed by atoms with van der Waals surface area (Å²) >= 11 is 0. The maximum absolute atomic E-state index is 13.7. The molecule has 0 unspecified atom stereocenters. The Morgan fingerprint density at radius 3 is 2.32 bits per heavy atom. The van der Waals surface area contributed by atoms with Crippen molar-refractivity contribution in [3.8, 4) is 11.5 Å². The Hall–Kier alpha value is -3.27. The largest absolute Gasteiger partial charge is 0.389 e. The Labute approximate surface area is 177 Å². The van der Waals surface area contributed by atoms with Crippen molar-refractivity contribution in [2.24, 2.45) is 0 Å². The SMILES string of the molecule is Cc1cc(F)cc(Nc2nc(NCC(C)(C)O)nc(-c3cccc(C(C)(F)F)n3)n2)c1. The lowest BCUT2D eigenvalue weighted by molar-refractivity contribution is 0.0129. The van der Waals surface area contributed by atoms with Gasteiger partial charge in [-0.2, -0.15) is 23.7 Å². The molecule has 0 aliphatic rings. The third-order valence-electron chi connectivity index (χ3n) is 4.04. The fourth-order valence-electron chi connectivity index (χ4n) is 2.66. The molecule has 10 heteroatoms. The van der Waals surface area contributed by atoms with Gasteiger partial charge in [0.1, 0.15) is 17.2 Å². The van der Waals surface area contributed by atoms with Gasteiger partial charge in [0.05, 0.1) is 5.60 Å². The first-order valence-corrected chi connectivity index (χ1v) is 9.51. The van der Waals surface area contributed by atoms with Crippen LogP contribution < -0.4 is 10.6 Å². The van der Waals surface area contributed by atoms with E-state index in [2.05, 4.69) is 30.6 Å². The van der Waals surface area contributed by atoms with Gasteiger partial charge in [-0.25, -0.2) is 9.37 Å². The molecule has 2 aromatic heterocycles. The van der Waals surface area contributed by atoms with Gasteiger partial charge in [-0.15, -0.1) is 0 Å². The maximum Gasteiger partial charge on any atom is 0.286 e. The van der Waals surface area contributed by atoms with Crippen LogP contribution in [0.4, 0.5) is 30.8 Å². The number of alkyl halides is 2. The summed E-state index contributed by atoms with van der Waals surface area (Å²) in [6.45, 7) is 5.82. The summed E-state index contributed by atoms with van der Waals surface area (Å²) in [6, 6.07) is 8.50. The van der Waals surface area contributed by atoms with Gasteiger partial charge in [0.25, 0.3) is 5.92 Å². The molecule has 0 radical (unpaired) electrons. The van der Waals surface area contributed by atoms with Gasteiger partial charge in [0.15, 0.2) is 5.82 Å². The number of benzene rings is 1. The first-order chi connectivity index (χ1) is 14.4. The van der Waals surface area contributed by atoms with Crippen molar-refractivity contribution in [1.82, 2.24) is 19.9 Å². The molecule has 31 heavy (non-hydrogen) atoms. The van der Waals surface area contributed by atoms with Crippen LogP contribution in [-0.2, 0) is 5.92 Å². The summed E-state index contributed by atoms with van der Waals surface area (Å²) in [5, 5.41) is 15.8. The van der Waals surface area contributed by atoms with Crippen LogP contribution in [0, 0.1) is 12.7 Å². The Morgan fingerprint density at radius 1 is 0.968 bits per heavy atom. The quantitative estimate of drug-likeness (QED) is 0.509. The maximum atomic E-state index is 13.7. The number of aryl methyl sites for hydroxylation is 1. The van der Waals surface area contributed by atoms with E-state index in [1.165, 1.54) is 30.3 Å². The molecule has 0 saturated carbocycles. The summed E-state index contributed by atoms with van der Waals surface area (Å²) < 4.78 is 41.2. The van der Waals surface area contributed by atoms with E-state index >= 15 is 0 Å². The Morgan fingerprint density at radius 2 is 1.68 bits per heavy atom. The van der Waals surface area contributed by atoms with Crippen LogP contribution in [0.2, 0.25) is 0 Å². The van der Waals surface area contributed by atoms with E-state index < -0.39 is 23.0 Å². The fraction of sp³-hybridized carbons (Fsp3) is 0.333. The zero-order valence-corrected chi connectivity index (χ0v) is 17.5. The summed E-state index contributed by atoms with van der Waals surface area (Å²) in [6.07, 6.45) is 0. The van der Waals surface area contributed by atoms with Crippen LogP contribution >= 0.6 is 0 Å². The van der Waals surface area contributed by atoms with Crippen molar-refractivity contribution in [3.63, 3.8) is 0 Å². The van der Waals surface area contributed by atoms with Crippen LogP contribution in [0.5, 0.6) is 0 Å². The summed E-state index contributed by atoms with van der Waals surface area (Å²) in [7, 11) is 0. The molecule has 0 spiro atoms. The predicted octanol–water partition coefficient (Wildman–Crippen LogP) is 4.42. The van der Waals surface area contributed by atoms with Gasteiger partial charge in [0.2, 0.25) is 11.9 Å². The van der Waals surface area contributed by atoms with Crippen LogP contribution in [0.25, 0.3) is 11.5 Å². The zero-order valence-electron chi connectivity index (χ0n) is 17.5. The average molecular weight is 432 g/mol. The fourth-order valence-corrected chi connectivity index (χ4v) is 2.66. The third kappa shape index (κ3) is 6.35. The van der Waals surface area contributed by atoms with Gasteiger partial charge < -0.3 is 15.7 Å². The molecule has 7 nitrogen and oxygen atoms in total. The molecule has 164 valence electrons. The smallest absolute Gasteiger partial charge is 0.286 e. The molecule has 0 fully saturated rings. The van der Waals surface area contributed by atoms with Crippen molar-refractivity contribution in [2.45, 2.75) is 39.2 Å². The van der Waals surface area contributed by atoms with Crippen molar-refractivity contribution < 1.29 is 18.3 Å². The van der Waals surface area contributed by atoms with Gasteiger partial charge in [0, 0.05) is 19.2 Å². The number of aliphatic hydroxyl groups is 1. The molecular weight excluding hydrogens is 409 g/mol. The Bertz CT molecular complexity index is 1060. The molecule has 0 atom stereocenters. The molecule has 3 aromatic rings. The van der Waals surface area contributed by atoms with Crippen LogP contribution in [0.1, 0.15) is 32.0 Å². The van der Waals surface area contributed by atoms with Crippen LogP contribution in [-0.4, -0.2) is 37.2 Å². The molecule has 0 bridgehead atoms. The Balaban J connectivity index is 2.02. The molecule has 2 heterocycles. The average Bonchev–Trinajstić information content (AvgIpc) is 2.64. The van der Waals surface area contributed by atoms with E-state index in [-0.39, 0.29) is 30.0 Å². The number of halogens is 3. The van der Waals surface area contributed by atoms with E-state index in [0.717, 1.165) is 6.92 Å². The lowest BCUT2D eigenvalue weighted by atomic mass is 10.1. The topological polar surface area (TPSA) is 95.9 Å². The lowest BCUT2D eigenvalue weighted by Crippen LogP contribution is -2.30. The molecule has 3 N–H and O–H groups in total. The monoisotopic (exact) mass is 432 g/mol. The highest BCUT2D eigenvalue weighted by atomic mass is 19.3. The number of nitrogens with one attached hydrogen (secondary N) is 2. The normalized spacial score (nSPS) is 12.0. The number of anilines is 3. The highest BCUT2D eigenvalue weighted by Gasteiger charge is 2.26. The molecule has 0 saturated heterocycles. The molecule has 0 aliphatic heterocycles. The molecule has 1 aromatic carbocycles. The number of aromatic nitrogens is 4. The number of nitrogens with zero attached hydrogens (tertiary/aromatic N) is 4. The van der Waals surface area contributed by atoms with Crippen molar-refractivity contribution in [2.75, 3.05) is 17.2 Å². The highest BCUT2D eigenvalue weighted by molar-refractivity contribution is 5.59. The van der Waals surface area contributed by atoms with Gasteiger partial charge in [-0.05, 0) is 56.7 Å². The van der Waals surface area contributed by atoms with E-state index in [0.29, 0.717) is 11.3 Å². The van der Waals surface area contributed by atoms with E-state index in [4.69, 9.17) is 0 Å².